The van der Waals surface area contributed by atoms with E-state index in [1.165, 1.54) is 17.7 Å². The van der Waals surface area contributed by atoms with Gasteiger partial charge in [-0.05, 0) is 43.3 Å². The third-order valence-corrected chi connectivity index (χ3v) is 4.66. The molecule has 2 aromatic rings. The lowest BCUT2D eigenvalue weighted by Crippen LogP contribution is -2.23. The maximum Gasteiger partial charge on any atom is 0.251 e. The Morgan fingerprint density at radius 3 is 2.33 bits per heavy atom. The first-order valence-electron chi connectivity index (χ1n) is 9.22. The van der Waals surface area contributed by atoms with Gasteiger partial charge in [-0.15, -0.1) is 0 Å². The summed E-state index contributed by atoms with van der Waals surface area (Å²) >= 11 is 5.98. The molecule has 5 nitrogen and oxygen atoms in total. The van der Waals surface area contributed by atoms with Gasteiger partial charge in [0.15, 0.2) is 11.5 Å². The summed E-state index contributed by atoms with van der Waals surface area (Å²) in [6, 6.07) is 11.1. The Hall–Kier alpha value is -2.24. The number of nitrogens with zero attached hydrogens (tertiary/aromatic N) is 1. The molecule has 0 atom stereocenters. The van der Waals surface area contributed by atoms with Crippen LogP contribution in [0.15, 0.2) is 36.4 Å². The van der Waals surface area contributed by atoms with Crippen LogP contribution in [-0.2, 0) is 13.1 Å². The number of phenols is 1. The van der Waals surface area contributed by atoms with Gasteiger partial charge in [0.05, 0.1) is 11.6 Å². The number of hydrogen-bond acceptors (Lipinski definition) is 4. The number of benzene rings is 2. The van der Waals surface area contributed by atoms with Gasteiger partial charge in [-0.25, -0.2) is 0 Å². The highest BCUT2D eigenvalue weighted by Gasteiger charge is 2.14. The van der Waals surface area contributed by atoms with E-state index in [2.05, 4.69) is 36.2 Å². The number of amides is 1. The first-order chi connectivity index (χ1) is 13.0. The van der Waals surface area contributed by atoms with E-state index in [-0.39, 0.29) is 22.4 Å². The Balaban J connectivity index is 1.99. The summed E-state index contributed by atoms with van der Waals surface area (Å²) in [6.07, 6.45) is 0. The highest BCUT2D eigenvalue weighted by Crippen LogP contribution is 2.35. The Morgan fingerprint density at radius 1 is 1.11 bits per heavy atom. The number of carbonyl (C=O) groups is 1. The zero-order chi connectivity index (χ0) is 19.8. The average molecular weight is 391 g/mol. The van der Waals surface area contributed by atoms with Crippen LogP contribution in [0.4, 0.5) is 0 Å². The molecule has 1 amide bonds. The van der Waals surface area contributed by atoms with Gasteiger partial charge in [0.25, 0.3) is 5.91 Å². The van der Waals surface area contributed by atoms with Crippen molar-refractivity contribution in [3.63, 3.8) is 0 Å². The molecule has 0 spiro atoms. The molecule has 0 radical (unpaired) electrons. The van der Waals surface area contributed by atoms with E-state index in [1.54, 1.807) is 6.92 Å². The van der Waals surface area contributed by atoms with Crippen LogP contribution in [0.1, 0.15) is 42.3 Å². The number of nitrogens with one attached hydrogen (secondary N) is 1. The summed E-state index contributed by atoms with van der Waals surface area (Å²) < 4.78 is 5.32. The summed E-state index contributed by atoms with van der Waals surface area (Å²) in [5.74, 6) is -0.222. The highest BCUT2D eigenvalue weighted by atomic mass is 35.5. The van der Waals surface area contributed by atoms with Gasteiger partial charge in [0.2, 0.25) is 0 Å². The molecule has 2 rings (SSSR count). The Bertz CT molecular complexity index is 759. The maximum absolute atomic E-state index is 12.4. The third kappa shape index (κ3) is 5.88. The van der Waals surface area contributed by atoms with Gasteiger partial charge in [0.1, 0.15) is 0 Å². The minimum absolute atomic E-state index is 0.0897. The number of carbonyl (C=O) groups excluding carboxylic acids is 1. The van der Waals surface area contributed by atoms with E-state index in [0.29, 0.717) is 18.7 Å². The van der Waals surface area contributed by atoms with Crippen LogP contribution < -0.4 is 10.1 Å². The summed E-state index contributed by atoms with van der Waals surface area (Å²) in [7, 11) is 0. The van der Waals surface area contributed by atoms with Crippen molar-refractivity contribution in [1.82, 2.24) is 10.2 Å². The highest BCUT2D eigenvalue weighted by molar-refractivity contribution is 6.32. The third-order valence-electron chi connectivity index (χ3n) is 4.37. The van der Waals surface area contributed by atoms with E-state index < -0.39 is 0 Å². The van der Waals surface area contributed by atoms with Crippen LogP contribution >= 0.6 is 11.6 Å². The fraction of sp³-hybridized carbons (Fsp3) is 0.381. The number of rotatable bonds is 9. The lowest BCUT2D eigenvalue weighted by molar-refractivity contribution is 0.0950. The zero-order valence-electron chi connectivity index (χ0n) is 16.1. The van der Waals surface area contributed by atoms with Gasteiger partial charge < -0.3 is 15.2 Å². The second-order valence-corrected chi connectivity index (χ2v) is 6.61. The Labute approximate surface area is 165 Å². The van der Waals surface area contributed by atoms with E-state index in [1.807, 2.05) is 12.1 Å². The number of halogens is 1. The zero-order valence-corrected chi connectivity index (χ0v) is 16.8. The van der Waals surface area contributed by atoms with Crippen molar-refractivity contribution in [3.8, 4) is 11.5 Å². The van der Waals surface area contributed by atoms with Crippen LogP contribution in [0.25, 0.3) is 0 Å². The lowest BCUT2D eigenvalue weighted by atomic mass is 10.1. The summed E-state index contributed by atoms with van der Waals surface area (Å²) in [6.45, 7) is 9.85. The van der Waals surface area contributed by atoms with Crippen molar-refractivity contribution in [2.24, 2.45) is 0 Å². The molecule has 2 N–H and O–H groups in total. The van der Waals surface area contributed by atoms with E-state index in [9.17, 15) is 9.90 Å². The van der Waals surface area contributed by atoms with Gasteiger partial charge >= 0.3 is 0 Å². The predicted octanol–water partition coefficient (Wildman–Crippen LogP) is 4.22. The van der Waals surface area contributed by atoms with Crippen LogP contribution in [0.3, 0.4) is 0 Å². The minimum Gasteiger partial charge on any atom is -0.503 e. The van der Waals surface area contributed by atoms with Crippen LogP contribution in [0, 0.1) is 0 Å². The van der Waals surface area contributed by atoms with E-state index in [0.717, 1.165) is 25.2 Å². The largest absolute Gasteiger partial charge is 0.503 e. The first-order valence-corrected chi connectivity index (χ1v) is 9.59. The van der Waals surface area contributed by atoms with Crippen molar-refractivity contribution < 1.29 is 14.6 Å². The fourth-order valence-electron chi connectivity index (χ4n) is 2.72. The minimum atomic E-state index is -0.273. The molecule has 0 bridgehead atoms. The normalized spacial score (nSPS) is 10.9. The van der Waals surface area contributed by atoms with Crippen molar-refractivity contribution in [2.45, 2.75) is 33.9 Å². The van der Waals surface area contributed by atoms with Gasteiger partial charge in [-0.3, -0.25) is 9.69 Å². The molecule has 6 heteroatoms. The standard InChI is InChI=1S/C21H27ClN2O3/c1-4-24(5-2)14-16-9-7-15(8-10-16)13-23-21(26)17-11-18(22)20(25)19(12-17)27-6-3/h7-12,25H,4-6,13-14H2,1-3H3,(H,23,26). The Kier molecular flexibility index (Phi) is 7.95. The summed E-state index contributed by atoms with van der Waals surface area (Å²) in [4.78, 5) is 14.8. The smallest absolute Gasteiger partial charge is 0.251 e. The maximum atomic E-state index is 12.4. The molecular weight excluding hydrogens is 364 g/mol. The average Bonchev–Trinajstić information content (AvgIpc) is 2.68. The van der Waals surface area contributed by atoms with E-state index in [4.69, 9.17) is 16.3 Å². The van der Waals surface area contributed by atoms with Gasteiger partial charge in [-0.2, -0.15) is 0 Å². The van der Waals surface area contributed by atoms with Crippen molar-refractivity contribution in [3.05, 3.63) is 58.1 Å². The molecule has 0 saturated heterocycles. The predicted molar refractivity (Wildman–Crippen MR) is 109 cm³/mol. The van der Waals surface area contributed by atoms with Crippen LogP contribution in [0.5, 0.6) is 11.5 Å². The van der Waals surface area contributed by atoms with Crippen LogP contribution in [-0.4, -0.2) is 35.6 Å². The number of ether oxygens (including phenoxy) is 1. The molecule has 0 aliphatic heterocycles. The Morgan fingerprint density at radius 2 is 1.74 bits per heavy atom. The molecule has 146 valence electrons. The van der Waals surface area contributed by atoms with E-state index >= 15 is 0 Å². The van der Waals surface area contributed by atoms with Gasteiger partial charge in [-0.1, -0.05) is 49.7 Å². The number of hydrogen-bond donors (Lipinski definition) is 2. The molecule has 0 heterocycles. The molecule has 0 aromatic heterocycles. The second kappa shape index (κ2) is 10.2. The monoisotopic (exact) mass is 390 g/mol. The summed E-state index contributed by atoms with van der Waals surface area (Å²) in [5.41, 5.74) is 2.61. The molecule has 27 heavy (non-hydrogen) atoms. The molecule has 2 aromatic carbocycles. The quantitative estimate of drug-likeness (QED) is 0.673. The number of aromatic hydroxyl groups is 1. The van der Waals surface area contributed by atoms with Gasteiger partial charge in [0, 0.05) is 18.7 Å². The fourth-order valence-corrected chi connectivity index (χ4v) is 2.93. The molecule has 0 unspecified atom stereocenters. The first kappa shape index (κ1) is 21.1. The molecule has 0 aliphatic carbocycles. The van der Waals surface area contributed by atoms with Crippen LogP contribution in [0.2, 0.25) is 5.02 Å². The second-order valence-electron chi connectivity index (χ2n) is 6.20. The summed E-state index contributed by atoms with van der Waals surface area (Å²) in [5, 5.41) is 12.8. The molecule has 0 saturated carbocycles. The van der Waals surface area contributed by atoms with Crippen molar-refractivity contribution >= 4 is 17.5 Å². The molecule has 0 fully saturated rings. The topological polar surface area (TPSA) is 61.8 Å². The van der Waals surface area contributed by atoms with Crippen molar-refractivity contribution in [1.29, 1.82) is 0 Å². The lowest BCUT2D eigenvalue weighted by Gasteiger charge is -2.18. The van der Waals surface area contributed by atoms with Crippen molar-refractivity contribution in [2.75, 3.05) is 19.7 Å². The SMILES string of the molecule is CCOc1cc(C(=O)NCc2ccc(CN(CC)CC)cc2)cc(Cl)c1O. The molecular formula is C21H27ClN2O3. The number of phenolic OH excluding ortho intramolecular Hbond substituents is 1. The molecule has 0 aliphatic rings.